The number of benzene rings is 1. The van der Waals surface area contributed by atoms with Gasteiger partial charge < -0.3 is 30.8 Å². The van der Waals surface area contributed by atoms with E-state index in [1.165, 1.54) is 35.0 Å². The number of aromatic carboxylic acids is 1. The molecule has 1 heterocycles. The number of para-hydroxylation sites is 1. The van der Waals surface area contributed by atoms with Gasteiger partial charge in [0.25, 0.3) is 0 Å². The first kappa shape index (κ1) is 20.4. The summed E-state index contributed by atoms with van der Waals surface area (Å²) in [6.45, 7) is 0. The van der Waals surface area contributed by atoms with Crippen molar-refractivity contribution >= 4 is 36.0 Å². The first-order valence-electron chi connectivity index (χ1n) is 7.62. The van der Waals surface area contributed by atoms with E-state index in [4.69, 9.17) is 10.3 Å². The Morgan fingerprint density at radius 2 is 2.07 bits per heavy atom. The fraction of sp³-hybridized carbons (Fsp3) is 0.200. The lowest BCUT2D eigenvalue weighted by Crippen LogP contribution is -2.48. The Morgan fingerprint density at radius 1 is 1.33 bits per heavy atom. The van der Waals surface area contributed by atoms with Crippen molar-refractivity contribution in [3.05, 3.63) is 45.9 Å². The minimum absolute atomic E-state index is 0.00403. The van der Waals surface area contributed by atoms with Crippen molar-refractivity contribution in [2.45, 2.75) is 18.8 Å². The second-order valence-corrected chi connectivity index (χ2v) is 6.23. The number of thiazole rings is 1. The summed E-state index contributed by atoms with van der Waals surface area (Å²) < 4.78 is 0. The molecular formula is C15H16BN3O7S. The lowest BCUT2D eigenvalue weighted by molar-refractivity contribution is -0.120. The number of carbonyl (C=O) groups excluding carboxylic acids is 1. The van der Waals surface area contributed by atoms with E-state index in [-0.39, 0.29) is 29.7 Å². The molecule has 0 unspecified atom stereocenters. The van der Waals surface area contributed by atoms with E-state index < -0.39 is 30.7 Å². The molecule has 1 aromatic carbocycles. The van der Waals surface area contributed by atoms with Gasteiger partial charge in [0.05, 0.1) is 23.6 Å². The number of carboxylic acid groups (broad SMARTS) is 1. The summed E-state index contributed by atoms with van der Waals surface area (Å²) in [6, 6.07) is 3.99. The summed E-state index contributed by atoms with van der Waals surface area (Å²) in [6.07, 6.45) is -0.608. The minimum Gasteiger partial charge on any atom is -0.507 e. The van der Waals surface area contributed by atoms with Crippen LogP contribution in [0.2, 0.25) is 0 Å². The molecule has 0 aliphatic carbocycles. The van der Waals surface area contributed by atoms with E-state index in [0.717, 1.165) is 0 Å². The summed E-state index contributed by atoms with van der Waals surface area (Å²) in [4.78, 5) is 27.2. The predicted molar refractivity (Wildman–Crippen MR) is 95.9 cm³/mol. The van der Waals surface area contributed by atoms with Gasteiger partial charge in [-0.15, -0.1) is 11.3 Å². The summed E-state index contributed by atoms with van der Waals surface area (Å²) in [5.74, 6) is -3.78. The molecule has 0 saturated heterocycles. The Bertz CT molecular complexity index is 842. The van der Waals surface area contributed by atoms with Gasteiger partial charge >= 0.3 is 13.1 Å². The lowest BCUT2D eigenvalue weighted by atomic mass is 9.75. The number of carboxylic acids is 1. The molecule has 2 rings (SSSR count). The van der Waals surface area contributed by atoms with Crippen molar-refractivity contribution in [2.75, 3.05) is 0 Å². The first-order chi connectivity index (χ1) is 12.8. The zero-order valence-corrected chi connectivity index (χ0v) is 14.6. The number of hydrogen-bond donors (Lipinski definition) is 6. The van der Waals surface area contributed by atoms with Crippen LogP contribution >= 0.6 is 11.3 Å². The second-order valence-electron chi connectivity index (χ2n) is 5.51. The van der Waals surface area contributed by atoms with E-state index in [9.17, 15) is 24.7 Å². The van der Waals surface area contributed by atoms with Crippen molar-refractivity contribution in [3.8, 4) is 5.75 Å². The highest BCUT2D eigenvalue weighted by Crippen LogP contribution is 2.24. The SMILES string of the molecule is O=C(C/C(=N/O)c1cscn1)N[C@@H](Cc1cccc(C(=O)O)c1O)B(O)O. The quantitative estimate of drug-likeness (QED) is 0.156. The van der Waals surface area contributed by atoms with Gasteiger partial charge in [-0.05, 0) is 18.1 Å². The average molecular weight is 393 g/mol. The van der Waals surface area contributed by atoms with Gasteiger partial charge in [-0.2, -0.15) is 0 Å². The van der Waals surface area contributed by atoms with Crippen LogP contribution in [0, 0.1) is 0 Å². The van der Waals surface area contributed by atoms with Gasteiger partial charge in [0, 0.05) is 5.38 Å². The molecule has 6 N–H and O–H groups in total. The average Bonchev–Trinajstić information content (AvgIpc) is 3.14. The summed E-state index contributed by atoms with van der Waals surface area (Å²) in [5, 5.41) is 54.1. The number of hydrogen-bond acceptors (Lipinski definition) is 9. The number of amides is 1. The van der Waals surface area contributed by atoms with E-state index in [0.29, 0.717) is 5.69 Å². The summed E-state index contributed by atoms with van der Waals surface area (Å²) in [7, 11) is -1.98. The van der Waals surface area contributed by atoms with Gasteiger partial charge in [-0.25, -0.2) is 9.78 Å². The topological polar surface area (TPSA) is 173 Å². The number of phenols is 1. The molecule has 0 radical (unpaired) electrons. The van der Waals surface area contributed by atoms with Crippen LogP contribution < -0.4 is 5.32 Å². The molecule has 0 spiro atoms. The largest absolute Gasteiger partial charge is 0.507 e. The third-order valence-corrected chi connectivity index (χ3v) is 4.26. The van der Waals surface area contributed by atoms with Crippen molar-refractivity contribution < 1.29 is 35.1 Å². The smallest absolute Gasteiger partial charge is 0.475 e. The van der Waals surface area contributed by atoms with Crippen LogP contribution in [0.1, 0.15) is 28.0 Å². The zero-order valence-electron chi connectivity index (χ0n) is 13.8. The Kier molecular flexibility index (Phi) is 6.88. The Morgan fingerprint density at radius 3 is 2.63 bits per heavy atom. The van der Waals surface area contributed by atoms with Crippen molar-refractivity contribution in [3.63, 3.8) is 0 Å². The number of nitrogens with zero attached hydrogens (tertiary/aromatic N) is 2. The molecular weight excluding hydrogens is 377 g/mol. The number of oxime groups is 1. The highest BCUT2D eigenvalue weighted by molar-refractivity contribution is 7.07. The maximum absolute atomic E-state index is 12.2. The van der Waals surface area contributed by atoms with Crippen molar-refractivity contribution in [2.24, 2.45) is 5.16 Å². The summed E-state index contributed by atoms with van der Waals surface area (Å²) in [5.41, 5.74) is 1.57. The Labute approximate surface area is 157 Å². The summed E-state index contributed by atoms with van der Waals surface area (Å²) >= 11 is 1.25. The molecule has 27 heavy (non-hydrogen) atoms. The monoisotopic (exact) mass is 393 g/mol. The van der Waals surface area contributed by atoms with Gasteiger partial charge in [-0.1, -0.05) is 17.3 Å². The zero-order chi connectivity index (χ0) is 20.0. The lowest BCUT2D eigenvalue weighted by Gasteiger charge is -2.19. The number of nitrogens with one attached hydrogen (secondary N) is 1. The second kappa shape index (κ2) is 9.12. The molecule has 0 fully saturated rings. The predicted octanol–water partition coefficient (Wildman–Crippen LogP) is -0.145. The maximum Gasteiger partial charge on any atom is 0.475 e. The minimum atomic E-state index is -1.98. The number of carbonyl (C=O) groups is 2. The molecule has 0 aliphatic heterocycles. The van der Waals surface area contributed by atoms with Crippen LogP contribution in [0.25, 0.3) is 0 Å². The standard InChI is InChI=1S/C15H16BN3O7S/c20-13(5-10(19-26)11-6-27-7-17-11)18-12(16(24)25)4-8-2-1-3-9(14(8)21)15(22)23/h1-3,6-7,12,21,24-26H,4-5H2,(H,18,20)(H,22,23)/b19-10-/t12-/m0/s1. The van der Waals surface area contributed by atoms with Crippen LogP contribution in [-0.4, -0.2) is 61.1 Å². The van der Waals surface area contributed by atoms with Crippen LogP contribution in [-0.2, 0) is 11.2 Å². The highest BCUT2D eigenvalue weighted by atomic mass is 32.1. The van der Waals surface area contributed by atoms with Gasteiger partial charge in [-0.3, -0.25) is 4.79 Å². The van der Waals surface area contributed by atoms with Crippen LogP contribution in [0.3, 0.4) is 0 Å². The molecule has 0 bridgehead atoms. The van der Waals surface area contributed by atoms with E-state index >= 15 is 0 Å². The molecule has 10 nitrogen and oxygen atoms in total. The van der Waals surface area contributed by atoms with Gasteiger partial charge in [0.1, 0.15) is 17.0 Å². The molecule has 1 atom stereocenters. The number of aromatic hydroxyl groups is 1. The van der Waals surface area contributed by atoms with Crippen LogP contribution in [0.15, 0.2) is 34.2 Å². The molecule has 0 aliphatic rings. The number of rotatable bonds is 8. The van der Waals surface area contributed by atoms with Crippen LogP contribution in [0.4, 0.5) is 0 Å². The normalized spacial score (nSPS) is 12.4. The van der Waals surface area contributed by atoms with E-state index in [1.54, 1.807) is 5.38 Å². The van der Waals surface area contributed by atoms with Crippen LogP contribution in [0.5, 0.6) is 5.75 Å². The Balaban J connectivity index is 2.11. The van der Waals surface area contributed by atoms with E-state index in [2.05, 4.69) is 15.5 Å². The van der Waals surface area contributed by atoms with Crippen molar-refractivity contribution in [1.29, 1.82) is 0 Å². The fourth-order valence-corrected chi connectivity index (χ4v) is 2.90. The molecule has 142 valence electrons. The number of aromatic nitrogens is 1. The van der Waals surface area contributed by atoms with E-state index in [1.807, 2.05) is 0 Å². The molecule has 12 heteroatoms. The third kappa shape index (κ3) is 5.26. The highest BCUT2D eigenvalue weighted by Gasteiger charge is 2.28. The maximum atomic E-state index is 12.2. The Hall–Kier alpha value is -2.96. The van der Waals surface area contributed by atoms with Crippen molar-refractivity contribution in [1.82, 2.24) is 10.3 Å². The molecule has 2 aromatic rings. The molecule has 0 saturated carbocycles. The fourth-order valence-electron chi connectivity index (χ4n) is 2.34. The van der Waals surface area contributed by atoms with Gasteiger partial charge in [0.15, 0.2) is 0 Å². The van der Waals surface area contributed by atoms with Gasteiger partial charge in [0.2, 0.25) is 5.91 Å². The first-order valence-corrected chi connectivity index (χ1v) is 8.57. The molecule has 1 amide bonds. The third-order valence-electron chi connectivity index (χ3n) is 3.67. The molecule has 1 aromatic heterocycles.